The second-order valence-corrected chi connectivity index (χ2v) is 1.31. The minimum absolute atomic E-state index is 1.08. The first-order valence-electron chi connectivity index (χ1n) is 1.14. The van der Waals surface area contributed by atoms with E-state index < -0.39 is 0 Å². The van der Waals surface area contributed by atoms with Gasteiger partial charge in [0, 0.05) is 0 Å². The van der Waals surface area contributed by atoms with Crippen molar-refractivity contribution in [3.63, 3.8) is 0 Å². The topological polar surface area (TPSA) is 0 Å². The molecule has 0 aliphatic rings. The van der Waals surface area contributed by atoms with E-state index in [2.05, 4.69) is 4.90 Å². The van der Waals surface area contributed by atoms with E-state index in [1.807, 2.05) is 4.40 Å². The second kappa shape index (κ2) is 16.9. The molecule has 0 heterocycles. The average molecular weight is 420 g/mol. The third kappa shape index (κ3) is 21.0. The Labute approximate surface area is 60.5 Å². The fourth-order valence-corrected chi connectivity index (χ4v) is 0. The van der Waals surface area contributed by atoms with Crippen LogP contribution < -0.4 is 0 Å². The SMILES string of the molecule is [CH-]=C[CH]=[W].[CH-]=[W]. The summed E-state index contributed by atoms with van der Waals surface area (Å²) < 4.78 is 1.86. The molecule has 2 heteroatoms. The van der Waals surface area contributed by atoms with E-state index >= 15 is 0 Å². The van der Waals surface area contributed by atoms with Gasteiger partial charge in [0.2, 0.25) is 0 Å². The Balaban J connectivity index is 0. The van der Waals surface area contributed by atoms with Gasteiger partial charge in [-0.1, -0.05) is 0 Å². The third-order valence-corrected chi connectivity index (χ3v) is 0.643. The molecule has 34 valence electrons. The van der Waals surface area contributed by atoms with Crippen molar-refractivity contribution in [2.45, 2.75) is 0 Å². The van der Waals surface area contributed by atoms with Crippen LogP contribution in [-0.2, 0) is 38.7 Å². The van der Waals surface area contributed by atoms with Gasteiger partial charge in [-0.25, -0.2) is 0 Å². The molecular weight excluding hydrogens is 416 g/mol. The van der Waals surface area contributed by atoms with Gasteiger partial charge in [-0.2, -0.15) is 0 Å². The Kier molecular flexibility index (Phi) is 28.1. The zero-order valence-electron chi connectivity index (χ0n) is 3.13. The molecule has 0 N–H and O–H groups in total. The molecule has 6 heavy (non-hydrogen) atoms. The predicted octanol–water partition coefficient (Wildman–Crippen LogP) is 0.167. The van der Waals surface area contributed by atoms with Crippen molar-refractivity contribution < 1.29 is 38.7 Å². The summed E-state index contributed by atoms with van der Waals surface area (Å²) in [6, 6.07) is 0. The number of hydrogen-bond acceptors (Lipinski definition) is 0. The summed E-state index contributed by atoms with van der Waals surface area (Å²) in [7, 11) is 0. The second-order valence-electron chi connectivity index (χ2n) is 0.329. The number of hydrogen-bond donors (Lipinski definition) is 0. The van der Waals surface area contributed by atoms with Gasteiger partial charge in [0.05, 0.1) is 0 Å². The van der Waals surface area contributed by atoms with Crippen molar-refractivity contribution in [2.75, 3.05) is 0 Å². The minimum atomic E-state index is 1.08. The zero-order chi connectivity index (χ0) is 5.41. The van der Waals surface area contributed by atoms with Gasteiger partial charge >= 0.3 is 60.7 Å². The van der Waals surface area contributed by atoms with Crippen molar-refractivity contribution in [3.05, 3.63) is 12.7 Å². The van der Waals surface area contributed by atoms with Crippen LogP contribution in [0.2, 0.25) is 0 Å². The van der Waals surface area contributed by atoms with Gasteiger partial charge in [-0.15, -0.1) is 0 Å². The maximum atomic E-state index is 4.87. The molecule has 0 unspecified atom stereocenters. The Morgan fingerprint density at radius 2 is 1.50 bits per heavy atom. The molecule has 0 spiro atoms. The third-order valence-electron chi connectivity index (χ3n) is 0.0786. The average Bonchev–Trinajstić information content (AvgIpc) is 1.72. The molecule has 0 radical (unpaired) electrons. The predicted molar refractivity (Wildman–Crippen MR) is 21.0 cm³/mol. The van der Waals surface area contributed by atoms with Gasteiger partial charge < -0.3 is 0 Å². The Hall–Kier alpha value is 0.857. The van der Waals surface area contributed by atoms with Gasteiger partial charge in [0.1, 0.15) is 0 Å². The molecule has 0 aliphatic carbocycles. The van der Waals surface area contributed by atoms with Crippen LogP contribution in [0.15, 0.2) is 6.08 Å². The van der Waals surface area contributed by atoms with Crippen LogP contribution in [0.5, 0.6) is 0 Å². The summed E-state index contributed by atoms with van der Waals surface area (Å²) >= 11 is 2.48. The van der Waals surface area contributed by atoms with E-state index in [9.17, 15) is 0 Å². The van der Waals surface area contributed by atoms with Crippen molar-refractivity contribution in [3.8, 4) is 0 Å². The molecule has 0 nitrogen and oxygen atoms in total. The molecule has 0 aromatic rings. The molecule has 0 rings (SSSR count). The van der Waals surface area contributed by atoms with Crippen LogP contribution in [-0.4, -0.2) is 9.30 Å². The normalized spacial score (nSPS) is 4.00. The molecule has 0 bridgehead atoms. The summed E-state index contributed by atoms with van der Waals surface area (Å²) in [5.41, 5.74) is 0. The van der Waals surface area contributed by atoms with Gasteiger partial charge in [0.15, 0.2) is 0 Å². The van der Waals surface area contributed by atoms with Crippen LogP contribution in [0, 0.1) is 6.58 Å². The van der Waals surface area contributed by atoms with Crippen molar-refractivity contribution in [2.24, 2.45) is 0 Å². The van der Waals surface area contributed by atoms with E-state index in [0.29, 0.717) is 0 Å². The van der Waals surface area contributed by atoms with Crippen LogP contribution in [0.25, 0.3) is 0 Å². The first-order valence-corrected chi connectivity index (χ1v) is 4.53. The van der Waals surface area contributed by atoms with E-state index in [1.54, 1.807) is 0 Å². The van der Waals surface area contributed by atoms with Crippen molar-refractivity contribution >= 4 is 9.30 Å². The molecule has 0 aliphatic heterocycles. The van der Waals surface area contributed by atoms with Gasteiger partial charge in [0.25, 0.3) is 0 Å². The molecule has 0 aromatic heterocycles. The number of rotatable bonds is 1. The summed E-state index contributed by atoms with van der Waals surface area (Å²) in [6.45, 7) is 4.87. The quantitative estimate of drug-likeness (QED) is 0.532. The van der Waals surface area contributed by atoms with E-state index in [-0.39, 0.29) is 0 Å². The number of allylic oxidation sites excluding steroid dienone is 1. The molecule has 0 saturated heterocycles. The maximum absolute atomic E-state index is 4.87. The van der Waals surface area contributed by atoms with Crippen LogP contribution in [0.1, 0.15) is 0 Å². The summed E-state index contributed by atoms with van der Waals surface area (Å²) in [4.78, 5) is 4.58. The zero-order valence-corrected chi connectivity index (χ0v) is 8.99. The van der Waals surface area contributed by atoms with Gasteiger partial charge in [-0.3, -0.25) is 0 Å². The fourth-order valence-electron chi connectivity index (χ4n) is 0. The summed E-state index contributed by atoms with van der Waals surface area (Å²) in [6.07, 6.45) is 1.54. The van der Waals surface area contributed by atoms with Crippen LogP contribution in [0.4, 0.5) is 0 Å². The molecular formula is C4H4W2-2. The van der Waals surface area contributed by atoms with E-state index in [1.165, 1.54) is 25.4 Å². The van der Waals surface area contributed by atoms with E-state index in [4.69, 9.17) is 6.58 Å². The van der Waals surface area contributed by atoms with Gasteiger partial charge in [-0.05, 0) is 0 Å². The molecule has 0 saturated carbocycles. The van der Waals surface area contributed by atoms with Crippen LogP contribution >= 0.6 is 0 Å². The van der Waals surface area contributed by atoms with Crippen molar-refractivity contribution in [1.29, 1.82) is 0 Å². The Morgan fingerprint density at radius 3 is 1.50 bits per heavy atom. The molecule has 0 fully saturated rings. The summed E-state index contributed by atoms with van der Waals surface area (Å²) in [5.74, 6) is 0. The fraction of sp³-hybridized carbons (Fsp3) is 0. The first kappa shape index (κ1) is 9.97. The molecule has 0 aromatic carbocycles. The van der Waals surface area contributed by atoms with Crippen molar-refractivity contribution in [1.82, 2.24) is 0 Å². The Bertz CT molecular complexity index is 34.8. The first-order chi connectivity index (χ1) is 2.91. The molecule has 0 amide bonds. The summed E-state index contributed by atoms with van der Waals surface area (Å²) in [5, 5.41) is 0. The van der Waals surface area contributed by atoms with E-state index in [0.717, 1.165) is 19.4 Å². The standard InChI is InChI=1S/C3H3.CH.2W/c1-3-2;;;/h1-3H;1H;;/q2*-1;;. The monoisotopic (exact) mass is 420 g/mol. The van der Waals surface area contributed by atoms with Crippen LogP contribution in [0.3, 0.4) is 0 Å². The molecule has 0 atom stereocenters. The Morgan fingerprint density at radius 1 is 1.33 bits per heavy atom.